The van der Waals surface area contributed by atoms with Gasteiger partial charge >= 0.3 is 0 Å². The van der Waals surface area contributed by atoms with E-state index >= 15 is 0 Å². The van der Waals surface area contributed by atoms with Crippen molar-refractivity contribution in [3.05, 3.63) is 93.4 Å². The smallest absolute Gasteiger partial charge is 0.299 e. The lowest BCUT2D eigenvalue weighted by atomic mass is 10.0. The van der Waals surface area contributed by atoms with Gasteiger partial charge in [0.1, 0.15) is 5.69 Å². The average Bonchev–Trinajstić information content (AvgIpc) is 3.12. The van der Waals surface area contributed by atoms with E-state index in [0.29, 0.717) is 22.5 Å². The van der Waals surface area contributed by atoms with E-state index in [1.807, 2.05) is 36.8 Å². The molecule has 1 heterocycles. The minimum absolute atomic E-state index is 0.0995. The van der Waals surface area contributed by atoms with E-state index in [1.165, 1.54) is 22.9 Å². The number of rotatable bonds is 6. The standard InChI is InChI=1S/C26H25N5O5S/c1-15-11-12-20(13-16(15)2)31-26(34)23(17(3)29-31)28-27-22-10-6-9-21(24(22)32)18-7-5-8-19(14-18)25(33)30-37(4,35)36/h5-14,29,32H,1-4H3,(H,30,33). The van der Waals surface area contributed by atoms with Gasteiger partial charge in [0.05, 0.1) is 17.6 Å². The zero-order valence-corrected chi connectivity index (χ0v) is 21.4. The molecule has 1 aromatic heterocycles. The number of carbonyl (C=O) groups is 1. The predicted octanol–water partition coefficient (Wildman–Crippen LogP) is 4.57. The van der Waals surface area contributed by atoms with E-state index < -0.39 is 15.9 Å². The lowest BCUT2D eigenvalue weighted by Crippen LogP contribution is -2.29. The molecular weight excluding hydrogens is 494 g/mol. The highest BCUT2D eigenvalue weighted by atomic mass is 32.2. The van der Waals surface area contributed by atoms with Crippen LogP contribution in [0.4, 0.5) is 11.4 Å². The van der Waals surface area contributed by atoms with Crippen LogP contribution in [0.5, 0.6) is 5.75 Å². The van der Waals surface area contributed by atoms with Crippen LogP contribution in [-0.4, -0.2) is 35.5 Å². The maximum Gasteiger partial charge on any atom is 0.299 e. The van der Waals surface area contributed by atoms with Crippen molar-refractivity contribution >= 4 is 27.3 Å². The average molecular weight is 520 g/mol. The van der Waals surface area contributed by atoms with Crippen molar-refractivity contribution < 1.29 is 18.3 Å². The summed E-state index contributed by atoms with van der Waals surface area (Å²) in [6, 6.07) is 16.6. The minimum atomic E-state index is -3.73. The fourth-order valence-electron chi connectivity index (χ4n) is 3.71. The van der Waals surface area contributed by atoms with Crippen LogP contribution in [0.3, 0.4) is 0 Å². The zero-order valence-electron chi connectivity index (χ0n) is 20.6. The topological polar surface area (TPSA) is 146 Å². The SMILES string of the molecule is Cc1ccc(-n2[nH]c(C)c(N=Nc3cccc(-c4cccc(C(=O)NS(C)(=O)=O)c4)c3O)c2=O)cc1C. The van der Waals surface area contributed by atoms with Crippen molar-refractivity contribution in [2.75, 3.05) is 6.26 Å². The maximum atomic E-state index is 13.0. The molecule has 190 valence electrons. The number of H-pyrrole nitrogens is 1. The van der Waals surface area contributed by atoms with Gasteiger partial charge in [-0.15, -0.1) is 10.2 Å². The van der Waals surface area contributed by atoms with Crippen molar-refractivity contribution in [1.29, 1.82) is 0 Å². The molecule has 0 unspecified atom stereocenters. The summed E-state index contributed by atoms with van der Waals surface area (Å²) in [6.45, 7) is 5.66. The normalized spacial score (nSPS) is 11.7. The van der Waals surface area contributed by atoms with Crippen LogP contribution in [0.25, 0.3) is 16.8 Å². The van der Waals surface area contributed by atoms with Gasteiger partial charge in [0, 0.05) is 11.1 Å². The summed E-state index contributed by atoms with van der Waals surface area (Å²) in [6.07, 6.45) is 0.887. The summed E-state index contributed by atoms with van der Waals surface area (Å²) in [5.74, 6) is -1.00. The lowest BCUT2D eigenvalue weighted by molar-refractivity contribution is 0.0981. The third-order valence-electron chi connectivity index (χ3n) is 5.78. The lowest BCUT2D eigenvalue weighted by Gasteiger charge is -2.09. The minimum Gasteiger partial charge on any atom is -0.505 e. The van der Waals surface area contributed by atoms with Gasteiger partial charge in [0.15, 0.2) is 11.4 Å². The van der Waals surface area contributed by atoms with Crippen LogP contribution in [0.15, 0.2) is 75.7 Å². The molecule has 0 aliphatic carbocycles. The first-order valence-corrected chi connectivity index (χ1v) is 13.1. The molecule has 0 fully saturated rings. The molecule has 3 N–H and O–H groups in total. The molecule has 4 aromatic rings. The molecule has 0 atom stereocenters. The number of hydrogen-bond donors (Lipinski definition) is 3. The first kappa shape index (κ1) is 25.6. The van der Waals surface area contributed by atoms with E-state index in [2.05, 4.69) is 15.3 Å². The molecular formula is C26H25N5O5S. The van der Waals surface area contributed by atoms with Gasteiger partial charge in [-0.3, -0.25) is 14.7 Å². The second kappa shape index (κ2) is 9.86. The second-order valence-electron chi connectivity index (χ2n) is 8.65. The summed E-state index contributed by atoms with van der Waals surface area (Å²) in [4.78, 5) is 25.3. The van der Waals surface area contributed by atoms with E-state index in [4.69, 9.17) is 0 Å². The summed E-state index contributed by atoms with van der Waals surface area (Å²) in [7, 11) is -3.73. The molecule has 37 heavy (non-hydrogen) atoms. The van der Waals surface area contributed by atoms with Gasteiger partial charge in [-0.05, 0) is 67.8 Å². The maximum absolute atomic E-state index is 13.0. The molecule has 0 saturated heterocycles. The first-order valence-electron chi connectivity index (χ1n) is 11.2. The third-order valence-corrected chi connectivity index (χ3v) is 6.33. The number of aryl methyl sites for hydroxylation is 3. The van der Waals surface area contributed by atoms with Crippen molar-refractivity contribution in [2.45, 2.75) is 20.8 Å². The second-order valence-corrected chi connectivity index (χ2v) is 10.4. The highest BCUT2D eigenvalue weighted by Gasteiger charge is 2.16. The van der Waals surface area contributed by atoms with Crippen LogP contribution in [0.2, 0.25) is 0 Å². The largest absolute Gasteiger partial charge is 0.505 e. The predicted molar refractivity (Wildman–Crippen MR) is 141 cm³/mol. The first-order chi connectivity index (χ1) is 17.4. The van der Waals surface area contributed by atoms with Crippen LogP contribution in [0.1, 0.15) is 27.2 Å². The quantitative estimate of drug-likeness (QED) is 0.320. The van der Waals surface area contributed by atoms with Crippen molar-refractivity contribution in [3.8, 4) is 22.6 Å². The number of amides is 1. The number of sulfonamides is 1. The highest BCUT2D eigenvalue weighted by Crippen LogP contribution is 2.38. The number of para-hydroxylation sites is 1. The third kappa shape index (κ3) is 5.51. The van der Waals surface area contributed by atoms with E-state index in [0.717, 1.165) is 17.4 Å². The van der Waals surface area contributed by atoms with Crippen molar-refractivity contribution in [3.63, 3.8) is 0 Å². The van der Waals surface area contributed by atoms with Crippen LogP contribution >= 0.6 is 0 Å². The Hall–Kier alpha value is -4.51. The Morgan fingerprint density at radius 1 is 0.973 bits per heavy atom. The molecule has 11 heteroatoms. The van der Waals surface area contributed by atoms with Crippen molar-refractivity contribution in [1.82, 2.24) is 14.5 Å². The Morgan fingerprint density at radius 3 is 2.41 bits per heavy atom. The monoisotopic (exact) mass is 519 g/mol. The fraction of sp³-hybridized carbons (Fsp3) is 0.154. The Bertz CT molecular complexity index is 1720. The van der Waals surface area contributed by atoms with Gasteiger partial charge in [-0.1, -0.05) is 30.3 Å². The Morgan fingerprint density at radius 2 is 1.70 bits per heavy atom. The van der Waals surface area contributed by atoms with Gasteiger partial charge < -0.3 is 5.11 Å². The Labute approximate surface area is 213 Å². The van der Waals surface area contributed by atoms with Gasteiger partial charge in [0.25, 0.3) is 11.5 Å². The number of hydrogen-bond acceptors (Lipinski definition) is 7. The molecule has 1 amide bonds. The highest BCUT2D eigenvalue weighted by molar-refractivity contribution is 7.89. The number of aromatic hydroxyl groups is 1. The van der Waals surface area contributed by atoms with Crippen LogP contribution in [0, 0.1) is 20.8 Å². The van der Waals surface area contributed by atoms with E-state index in [9.17, 15) is 23.1 Å². The van der Waals surface area contributed by atoms with Gasteiger partial charge in [-0.25, -0.2) is 17.8 Å². The summed E-state index contributed by atoms with van der Waals surface area (Å²) in [5, 5.41) is 22.1. The number of carbonyl (C=O) groups excluding carboxylic acids is 1. The number of nitrogens with zero attached hydrogens (tertiary/aromatic N) is 3. The summed E-state index contributed by atoms with van der Waals surface area (Å²) in [5.41, 5.74) is 4.07. The number of aromatic nitrogens is 2. The summed E-state index contributed by atoms with van der Waals surface area (Å²) >= 11 is 0. The molecule has 0 bridgehead atoms. The molecule has 0 saturated carbocycles. The summed E-state index contributed by atoms with van der Waals surface area (Å²) < 4.78 is 26.1. The van der Waals surface area contributed by atoms with E-state index in [-0.39, 0.29) is 28.2 Å². The number of phenols is 1. The molecule has 0 spiro atoms. The van der Waals surface area contributed by atoms with Gasteiger partial charge in [-0.2, -0.15) is 0 Å². The number of nitrogens with one attached hydrogen (secondary N) is 2. The molecule has 10 nitrogen and oxygen atoms in total. The van der Waals surface area contributed by atoms with Crippen molar-refractivity contribution in [2.24, 2.45) is 10.2 Å². The number of phenolic OH excluding ortho intramolecular Hbond substituents is 1. The van der Waals surface area contributed by atoms with E-state index in [1.54, 1.807) is 31.2 Å². The van der Waals surface area contributed by atoms with Gasteiger partial charge in [0.2, 0.25) is 10.0 Å². The Kier molecular flexibility index (Phi) is 6.82. The molecule has 3 aromatic carbocycles. The molecule has 0 radical (unpaired) electrons. The molecule has 4 rings (SSSR count). The molecule has 0 aliphatic heterocycles. The number of azo groups is 1. The zero-order chi connectivity index (χ0) is 26.9. The van der Waals surface area contributed by atoms with Crippen LogP contribution < -0.4 is 10.3 Å². The molecule has 0 aliphatic rings. The number of benzene rings is 3. The number of aromatic amines is 1. The fourth-order valence-corrected chi connectivity index (χ4v) is 4.16. The van der Waals surface area contributed by atoms with Crippen LogP contribution in [-0.2, 0) is 10.0 Å². The Balaban J connectivity index is 1.67.